The van der Waals surface area contributed by atoms with Gasteiger partial charge in [0.1, 0.15) is 11.5 Å². The molecule has 0 bridgehead atoms. The molecular formula is C26H33IN4O2. The van der Waals surface area contributed by atoms with E-state index in [1.165, 1.54) is 22.3 Å². The minimum Gasteiger partial charge on any atom is -0.493 e. The molecule has 33 heavy (non-hydrogen) atoms. The van der Waals surface area contributed by atoms with Crippen molar-refractivity contribution in [3.63, 3.8) is 0 Å². The van der Waals surface area contributed by atoms with E-state index >= 15 is 0 Å². The summed E-state index contributed by atoms with van der Waals surface area (Å²) in [6, 6.07) is 19.0. The van der Waals surface area contributed by atoms with Crippen LogP contribution in [0.1, 0.15) is 28.0 Å². The van der Waals surface area contributed by atoms with Gasteiger partial charge in [-0.15, -0.1) is 24.0 Å². The average molecular weight is 560 g/mol. The van der Waals surface area contributed by atoms with Crippen molar-refractivity contribution in [2.75, 3.05) is 27.2 Å². The van der Waals surface area contributed by atoms with Gasteiger partial charge in [-0.3, -0.25) is 9.89 Å². The van der Waals surface area contributed by atoms with Crippen molar-refractivity contribution in [3.05, 3.63) is 88.9 Å². The van der Waals surface area contributed by atoms with Crippen LogP contribution in [0, 0.1) is 0 Å². The van der Waals surface area contributed by atoms with Crippen LogP contribution in [0.2, 0.25) is 0 Å². The Labute approximate surface area is 213 Å². The largest absolute Gasteiger partial charge is 0.493 e. The van der Waals surface area contributed by atoms with Gasteiger partial charge in [-0.25, -0.2) is 0 Å². The summed E-state index contributed by atoms with van der Waals surface area (Å²) < 4.78 is 11.1. The number of guanidine groups is 1. The number of rotatable bonds is 9. The van der Waals surface area contributed by atoms with Gasteiger partial charge in [0.15, 0.2) is 5.96 Å². The average Bonchev–Trinajstić information content (AvgIpc) is 3.48. The number of halogens is 1. The fourth-order valence-electron chi connectivity index (χ4n) is 4.02. The lowest BCUT2D eigenvalue weighted by molar-refractivity contribution is 0.287. The molecule has 2 aromatic carbocycles. The second kappa shape index (κ2) is 12.6. The Morgan fingerprint density at radius 1 is 1.03 bits per heavy atom. The van der Waals surface area contributed by atoms with E-state index < -0.39 is 0 Å². The van der Waals surface area contributed by atoms with E-state index in [1.54, 1.807) is 6.26 Å². The lowest BCUT2D eigenvalue weighted by Gasteiger charge is -2.19. The third kappa shape index (κ3) is 7.23. The minimum absolute atomic E-state index is 0. The summed E-state index contributed by atoms with van der Waals surface area (Å²) in [4.78, 5) is 6.64. The number of benzene rings is 2. The Hall–Kier alpha value is -2.52. The Kier molecular flexibility index (Phi) is 9.62. The van der Waals surface area contributed by atoms with E-state index in [9.17, 15) is 0 Å². The van der Waals surface area contributed by atoms with Gasteiger partial charge in [-0.1, -0.05) is 36.4 Å². The zero-order valence-electron chi connectivity index (χ0n) is 19.3. The normalized spacial score (nSPS) is 12.8. The number of ether oxygens (including phenoxy) is 1. The lowest BCUT2D eigenvalue weighted by Crippen LogP contribution is -2.38. The molecule has 0 spiro atoms. The van der Waals surface area contributed by atoms with Crippen LogP contribution in [-0.2, 0) is 32.5 Å². The molecule has 0 atom stereocenters. The molecule has 1 aliphatic heterocycles. The third-order valence-corrected chi connectivity index (χ3v) is 5.69. The molecule has 0 saturated carbocycles. The van der Waals surface area contributed by atoms with E-state index in [1.807, 2.05) is 19.2 Å². The van der Waals surface area contributed by atoms with Crippen LogP contribution in [0.5, 0.6) is 5.75 Å². The molecule has 2 N–H and O–H groups in total. The molecule has 6 nitrogen and oxygen atoms in total. The van der Waals surface area contributed by atoms with Crippen LogP contribution in [0.25, 0.3) is 0 Å². The summed E-state index contributed by atoms with van der Waals surface area (Å²) >= 11 is 0. The number of fused-ring (bicyclic) bond motifs is 1. The highest BCUT2D eigenvalue weighted by Crippen LogP contribution is 2.25. The van der Waals surface area contributed by atoms with Gasteiger partial charge in [0, 0.05) is 33.1 Å². The quantitative estimate of drug-likeness (QED) is 0.231. The first-order valence-corrected chi connectivity index (χ1v) is 11.2. The smallest absolute Gasteiger partial charge is 0.191 e. The molecule has 0 aliphatic carbocycles. The maximum Gasteiger partial charge on any atom is 0.191 e. The van der Waals surface area contributed by atoms with Crippen LogP contribution in [0.3, 0.4) is 0 Å². The number of nitrogens with one attached hydrogen (secondary N) is 2. The number of furan rings is 1. The predicted octanol–water partition coefficient (Wildman–Crippen LogP) is 4.37. The minimum atomic E-state index is 0. The monoisotopic (exact) mass is 560 g/mol. The molecule has 2 heterocycles. The second-order valence-corrected chi connectivity index (χ2v) is 8.16. The molecule has 0 unspecified atom stereocenters. The SMILES string of the molecule is CN=C(NCCc1ccc2c(c1)CCO2)NCc1ccccc1CN(C)Cc1ccco1.I. The summed E-state index contributed by atoms with van der Waals surface area (Å²) in [6.07, 6.45) is 3.68. The number of nitrogens with zero attached hydrogens (tertiary/aromatic N) is 2. The van der Waals surface area contributed by atoms with Gasteiger partial charge in [-0.2, -0.15) is 0 Å². The Bertz CT molecular complexity index is 1040. The molecule has 7 heteroatoms. The zero-order valence-corrected chi connectivity index (χ0v) is 21.7. The van der Waals surface area contributed by atoms with E-state index in [-0.39, 0.29) is 24.0 Å². The number of aliphatic imine (C=N–C) groups is 1. The number of hydrogen-bond donors (Lipinski definition) is 2. The van der Waals surface area contributed by atoms with Crippen LogP contribution in [-0.4, -0.2) is 38.1 Å². The molecule has 3 aromatic rings. The van der Waals surface area contributed by atoms with Crippen molar-refractivity contribution in [1.29, 1.82) is 0 Å². The molecule has 0 fully saturated rings. The summed E-state index contributed by atoms with van der Waals surface area (Å²) in [5.41, 5.74) is 5.20. The maximum atomic E-state index is 5.59. The highest BCUT2D eigenvalue weighted by atomic mass is 127. The first kappa shape index (κ1) is 25.1. The zero-order chi connectivity index (χ0) is 22.2. The van der Waals surface area contributed by atoms with E-state index in [0.29, 0.717) is 0 Å². The predicted molar refractivity (Wildman–Crippen MR) is 143 cm³/mol. The fourth-order valence-corrected chi connectivity index (χ4v) is 4.02. The van der Waals surface area contributed by atoms with Gasteiger partial charge in [0.05, 0.1) is 19.4 Å². The number of hydrogen-bond acceptors (Lipinski definition) is 4. The fraction of sp³-hybridized carbons (Fsp3) is 0.346. The van der Waals surface area contributed by atoms with Crippen LogP contribution < -0.4 is 15.4 Å². The van der Waals surface area contributed by atoms with Gasteiger partial charge in [0.2, 0.25) is 0 Å². The Morgan fingerprint density at radius 2 is 1.88 bits per heavy atom. The van der Waals surface area contributed by atoms with Gasteiger partial charge >= 0.3 is 0 Å². The van der Waals surface area contributed by atoms with Gasteiger partial charge < -0.3 is 19.8 Å². The van der Waals surface area contributed by atoms with Crippen molar-refractivity contribution >= 4 is 29.9 Å². The van der Waals surface area contributed by atoms with Crippen LogP contribution >= 0.6 is 24.0 Å². The summed E-state index contributed by atoms with van der Waals surface area (Å²) in [5.74, 6) is 2.82. The maximum absolute atomic E-state index is 5.59. The summed E-state index contributed by atoms with van der Waals surface area (Å²) in [7, 11) is 3.92. The van der Waals surface area contributed by atoms with Crippen molar-refractivity contribution in [3.8, 4) is 5.75 Å². The molecule has 0 saturated heterocycles. The molecule has 0 amide bonds. The van der Waals surface area contributed by atoms with Crippen LogP contribution in [0.15, 0.2) is 70.3 Å². The highest BCUT2D eigenvalue weighted by Gasteiger charge is 2.12. The molecule has 4 rings (SSSR count). The van der Waals surface area contributed by atoms with Gasteiger partial charge in [0.25, 0.3) is 0 Å². The van der Waals surface area contributed by atoms with E-state index in [0.717, 1.165) is 63.1 Å². The highest BCUT2D eigenvalue weighted by molar-refractivity contribution is 14.0. The van der Waals surface area contributed by atoms with E-state index in [4.69, 9.17) is 9.15 Å². The Morgan fingerprint density at radius 3 is 2.67 bits per heavy atom. The van der Waals surface area contributed by atoms with Gasteiger partial charge in [-0.05, 0) is 53.9 Å². The van der Waals surface area contributed by atoms with Crippen LogP contribution in [0.4, 0.5) is 0 Å². The molecule has 1 aromatic heterocycles. The van der Waals surface area contributed by atoms with Crippen molar-refractivity contribution in [1.82, 2.24) is 15.5 Å². The third-order valence-electron chi connectivity index (χ3n) is 5.69. The van der Waals surface area contributed by atoms with Crippen molar-refractivity contribution in [2.45, 2.75) is 32.5 Å². The summed E-state index contributed by atoms with van der Waals surface area (Å²) in [5, 5.41) is 6.89. The second-order valence-electron chi connectivity index (χ2n) is 8.16. The Balaban J connectivity index is 0.00000306. The standard InChI is InChI=1S/C26H32N4O2.HI/c1-27-26(28-13-11-20-9-10-25-21(16-20)12-15-32-25)29-17-22-6-3-4-7-23(22)18-30(2)19-24-8-5-14-31-24;/h3-10,14,16H,11-13,15,17-19H2,1-2H3,(H2,27,28,29);1H. The van der Waals surface area contributed by atoms with Crippen molar-refractivity contribution in [2.24, 2.45) is 4.99 Å². The molecular weight excluding hydrogens is 527 g/mol. The topological polar surface area (TPSA) is 62.0 Å². The lowest BCUT2D eigenvalue weighted by atomic mass is 10.1. The first-order valence-electron chi connectivity index (χ1n) is 11.2. The molecule has 0 radical (unpaired) electrons. The van der Waals surface area contributed by atoms with Crippen molar-refractivity contribution < 1.29 is 9.15 Å². The molecule has 176 valence electrons. The first-order chi connectivity index (χ1) is 15.7. The molecule has 1 aliphatic rings. The van der Waals surface area contributed by atoms with E-state index in [2.05, 4.69) is 70.0 Å². The summed E-state index contributed by atoms with van der Waals surface area (Å²) in [6.45, 7) is 3.99.